The Kier molecular flexibility index (Phi) is 4.66. The number of hydrogen-bond acceptors (Lipinski definition) is 4. The van der Waals surface area contributed by atoms with Crippen LogP contribution in [0.25, 0.3) is 0 Å². The topological polar surface area (TPSA) is 64.4 Å². The number of ether oxygens (including phenoxy) is 1. The minimum Gasteiger partial charge on any atom is -0.482 e. The average molecular weight is 236 g/mol. The molecule has 1 aromatic carbocycles. The minimum absolute atomic E-state index is 0.0118. The predicted octanol–water partition coefficient (Wildman–Crippen LogP) is 2.06. The first kappa shape index (κ1) is 13.2. The molecule has 0 aliphatic rings. The largest absolute Gasteiger partial charge is 0.482 e. The summed E-state index contributed by atoms with van der Waals surface area (Å²) in [4.78, 5) is 10.4. The van der Waals surface area contributed by atoms with Crippen LogP contribution >= 0.6 is 0 Å². The number of nitro benzene ring substituents is 1. The van der Waals surface area contributed by atoms with Gasteiger partial charge in [-0.1, -0.05) is 12.6 Å². The van der Waals surface area contributed by atoms with E-state index < -0.39 is 4.92 Å². The summed E-state index contributed by atoms with van der Waals surface area (Å²) in [7, 11) is 1.81. The first-order valence-electron chi connectivity index (χ1n) is 5.23. The lowest BCUT2D eigenvalue weighted by Crippen LogP contribution is -2.14. The molecule has 0 spiro atoms. The van der Waals surface area contributed by atoms with E-state index in [1.807, 2.05) is 0 Å². The fraction of sp³-hybridized carbons (Fsp3) is 0.333. The zero-order chi connectivity index (χ0) is 12.8. The molecule has 17 heavy (non-hydrogen) atoms. The molecule has 0 aliphatic carbocycles. The molecule has 0 aromatic heterocycles. The van der Waals surface area contributed by atoms with Crippen LogP contribution in [0.4, 0.5) is 5.69 Å². The fourth-order valence-electron chi connectivity index (χ4n) is 1.37. The highest BCUT2D eigenvalue weighted by Crippen LogP contribution is 2.27. The Balaban J connectivity index is 2.77. The van der Waals surface area contributed by atoms with Crippen LogP contribution in [0.2, 0.25) is 0 Å². The van der Waals surface area contributed by atoms with Crippen LogP contribution in [0.5, 0.6) is 5.75 Å². The van der Waals surface area contributed by atoms with Crippen molar-refractivity contribution in [2.75, 3.05) is 20.2 Å². The summed E-state index contributed by atoms with van der Waals surface area (Å²) in [6.45, 7) is 6.49. The molecule has 1 N–H and O–H groups in total. The van der Waals surface area contributed by atoms with Gasteiger partial charge in [-0.2, -0.15) is 0 Å². The van der Waals surface area contributed by atoms with Gasteiger partial charge in [-0.25, -0.2) is 0 Å². The van der Waals surface area contributed by atoms with Crippen LogP contribution in [0.3, 0.4) is 0 Å². The predicted molar refractivity (Wildman–Crippen MR) is 66.4 cm³/mol. The van der Waals surface area contributed by atoms with Crippen LogP contribution in [-0.2, 0) is 0 Å². The Labute approximate surface area is 100 Å². The molecule has 1 rings (SSSR count). The lowest BCUT2D eigenvalue weighted by molar-refractivity contribution is -0.385. The Hall–Kier alpha value is -1.88. The van der Waals surface area contributed by atoms with Crippen molar-refractivity contribution in [3.05, 3.63) is 46.0 Å². The van der Waals surface area contributed by atoms with Gasteiger partial charge in [0.15, 0.2) is 5.75 Å². The maximum absolute atomic E-state index is 10.8. The summed E-state index contributed by atoms with van der Waals surface area (Å²) < 4.78 is 5.39. The van der Waals surface area contributed by atoms with Gasteiger partial charge in [-0.05, 0) is 31.2 Å². The van der Waals surface area contributed by atoms with Crippen molar-refractivity contribution in [3.63, 3.8) is 0 Å². The van der Waals surface area contributed by atoms with E-state index in [1.165, 1.54) is 6.07 Å². The monoisotopic (exact) mass is 236 g/mol. The van der Waals surface area contributed by atoms with Crippen LogP contribution in [-0.4, -0.2) is 25.1 Å². The van der Waals surface area contributed by atoms with E-state index >= 15 is 0 Å². The molecule has 92 valence electrons. The average Bonchev–Trinajstić information content (AvgIpc) is 2.27. The quantitative estimate of drug-likeness (QED) is 0.466. The number of nitrogens with zero attached hydrogens (tertiary/aromatic N) is 1. The van der Waals surface area contributed by atoms with Crippen molar-refractivity contribution in [1.29, 1.82) is 0 Å². The summed E-state index contributed by atoms with van der Waals surface area (Å²) in [6.07, 6.45) is 0. The second-order valence-corrected chi connectivity index (χ2v) is 3.80. The molecule has 0 heterocycles. The first-order valence-corrected chi connectivity index (χ1v) is 5.23. The molecule has 5 heteroatoms. The molecular weight excluding hydrogens is 220 g/mol. The molecule has 0 atom stereocenters. The number of aryl methyl sites for hydroxylation is 1. The Morgan fingerprint density at radius 1 is 1.59 bits per heavy atom. The third-order valence-electron chi connectivity index (χ3n) is 2.17. The maximum Gasteiger partial charge on any atom is 0.311 e. The Morgan fingerprint density at radius 3 is 2.88 bits per heavy atom. The molecule has 0 amide bonds. The SMILES string of the molecule is C=C(CNC)COc1ccc(C)cc1[N+](=O)[O-]. The van der Waals surface area contributed by atoms with Gasteiger partial charge in [0.1, 0.15) is 6.61 Å². The summed E-state index contributed by atoms with van der Waals surface area (Å²) >= 11 is 0. The highest BCUT2D eigenvalue weighted by atomic mass is 16.6. The highest BCUT2D eigenvalue weighted by Gasteiger charge is 2.14. The van der Waals surface area contributed by atoms with E-state index in [9.17, 15) is 10.1 Å². The lowest BCUT2D eigenvalue weighted by Gasteiger charge is -2.09. The van der Waals surface area contributed by atoms with Gasteiger partial charge in [0, 0.05) is 12.6 Å². The van der Waals surface area contributed by atoms with Crippen LogP contribution in [0.15, 0.2) is 30.4 Å². The van der Waals surface area contributed by atoms with E-state index in [1.54, 1.807) is 26.1 Å². The molecular formula is C12H16N2O3. The Morgan fingerprint density at radius 2 is 2.29 bits per heavy atom. The Bertz CT molecular complexity index is 430. The number of benzene rings is 1. The van der Waals surface area contributed by atoms with E-state index in [4.69, 9.17) is 4.74 Å². The van der Waals surface area contributed by atoms with E-state index in [-0.39, 0.29) is 18.0 Å². The van der Waals surface area contributed by atoms with Crippen molar-refractivity contribution < 1.29 is 9.66 Å². The molecule has 0 saturated carbocycles. The third-order valence-corrected chi connectivity index (χ3v) is 2.17. The molecule has 0 saturated heterocycles. The molecule has 0 fully saturated rings. The van der Waals surface area contributed by atoms with Gasteiger partial charge >= 0.3 is 5.69 Å². The van der Waals surface area contributed by atoms with Crippen LogP contribution in [0.1, 0.15) is 5.56 Å². The van der Waals surface area contributed by atoms with Crippen molar-refractivity contribution in [3.8, 4) is 5.75 Å². The molecule has 0 aliphatic heterocycles. The number of rotatable bonds is 6. The highest BCUT2D eigenvalue weighted by molar-refractivity contribution is 5.48. The summed E-state index contributed by atoms with van der Waals surface area (Å²) in [5.41, 5.74) is 1.66. The normalized spacial score (nSPS) is 10.0. The van der Waals surface area contributed by atoms with Gasteiger partial charge < -0.3 is 10.1 Å². The second kappa shape index (κ2) is 6.00. The minimum atomic E-state index is -0.441. The summed E-state index contributed by atoms with van der Waals surface area (Å²) in [6, 6.07) is 4.89. The zero-order valence-electron chi connectivity index (χ0n) is 10.0. The number of likely N-dealkylation sites (N-methyl/N-ethyl adjacent to an activating group) is 1. The molecule has 5 nitrogen and oxygen atoms in total. The number of nitro groups is 1. The van der Waals surface area contributed by atoms with E-state index in [2.05, 4.69) is 11.9 Å². The van der Waals surface area contributed by atoms with E-state index in [0.717, 1.165) is 11.1 Å². The van der Waals surface area contributed by atoms with Crippen molar-refractivity contribution in [1.82, 2.24) is 5.32 Å². The molecule has 1 aromatic rings. The lowest BCUT2D eigenvalue weighted by atomic mass is 10.2. The third kappa shape index (κ3) is 3.88. The maximum atomic E-state index is 10.8. The van der Waals surface area contributed by atoms with Crippen LogP contribution in [0, 0.1) is 17.0 Å². The molecule has 0 radical (unpaired) electrons. The second-order valence-electron chi connectivity index (χ2n) is 3.80. The molecule has 0 unspecified atom stereocenters. The summed E-state index contributed by atoms with van der Waals surface area (Å²) in [5.74, 6) is 0.276. The van der Waals surface area contributed by atoms with Gasteiger partial charge in [0.2, 0.25) is 0 Å². The first-order chi connectivity index (χ1) is 8.04. The van der Waals surface area contributed by atoms with Crippen LogP contribution < -0.4 is 10.1 Å². The van der Waals surface area contributed by atoms with Gasteiger partial charge in [0.25, 0.3) is 0 Å². The zero-order valence-corrected chi connectivity index (χ0v) is 10.0. The van der Waals surface area contributed by atoms with Crippen molar-refractivity contribution >= 4 is 5.69 Å². The van der Waals surface area contributed by atoms with Crippen molar-refractivity contribution in [2.45, 2.75) is 6.92 Å². The van der Waals surface area contributed by atoms with Crippen molar-refractivity contribution in [2.24, 2.45) is 0 Å². The van der Waals surface area contributed by atoms with Gasteiger partial charge in [-0.3, -0.25) is 10.1 Å². The van der Waals surface area contributed by atoms with Gasteiger partial charge in [-0.15, -0.1) is 0 Å². The number of hydrogen-bond donors (Lipinski definition) is 1. The number of nitrogens with one attached hydrogen (secondary N) is 1. The summed E-state index contributed by atoms with van der Waals surface area (Å²) in [5, 5.41) is 13.8. The van der Waals surface area contributed by atoms with E-state index in [0.29, 0.717) is 6.54 Å². The fourth-order valence-corrected chi connectivity index (χ4v) is 1.37. The standard InChI is InChI=1S/C12H16N2O3/c1-9-4-5-12(11(6-9)14(15)16)17-8-10(2)7-13-3/h4-6,13H,2,7-8H2,1,3H3. The smallest absolute Gasteiger partial charge is 0.311 e. The van der Waals surface area contributed by atoms with Gasteiger partial charge in [0.05, 0.1) is 4.92 Å². The molecule has 0 bridgehead atoms.